The zero-order chi connectivity index (χ0) is 35.6. The van der Waals surface area contributed by atoms with Gasteiger partial charge in [-0.05, 0) is 105 Å². The molecule has 0 amide bonds. The first-order chi connectivity index (χ1) is 26.8. The average molecular weight is 692 g/mol. The van der Waals surface area contributed by atoms with E-state index in [9.17, 15) is 0 Å². The van der Waals surface area contributed by atoms with Crippen LogP contribution < -0.4 is 16.0 Å². The highest BCUT2D eigenvalue weighted by molar-refractivity contribution is 6.15. The molecular formula is C51H37N3. The predicted octanol–water partition coefficient (Wildman–Crippen LogP) is 12.5. The van der Waals surface area contributed by atoms with Crippen LogP contribution in [0.1, 0.15) is 35.2 Å². The van der Waals surface area contributed by atoms with Crippen LogP contribution in [0.15, 0.2) is 188 Å². The van der Waals surface area contributed by atoms with Crippen LogP contribution in [0.4, 0.5) is 0 Å². The standard InChI is InChI=1S/C51H37N3/c1-2-12-32(13-3-1)33-22-24-36(25-23-33)49-52-50(47-41-20-10-6-16-37(41)30-45-39-18-8-4-14-34(39)26-28-43(45)47)54-51(53-49)48-42-21-11-7-17-38(42)31-46-40-19-9-5-15-35(40)27-29-44(46)48/h1-31,49-54H. The van der Waals surface area contributed by atoms with E-state index in [1.54, 1.807) is 0 Å². The number of rotatable bonds is 4. The lowest BCUT2D eigenvalue weighted by Gasteiger charge is -2.41. The molecule has 0 aromatic heterocycles. The van der Waals surface area contributed by atoms with E-state index in [4.69, 9.17) is 0 Å². The van der Waals surface area contributed by atoms with Crippen molar-refractivity contribution in [3.05, 3.63) is 205 Å². The molecule has 2 unspecified atom stereocenters. The maximum atomic E-state index is 4.17. The summed E-state index contributed by atoms with van der Waals surface area (Å²) in [5.41, 5.74) is 6.15. The summed E-state index contributed by atoms with van der Waals surface area (Å²) in [5, 5.41) is 27.4. The molecule has 11 rings (SSSR count). The van der Waals surface area contributed by atoms with E-state index < -0.39 is 0 Å². The van der Waals surface area contributed by atoms with Crippen molar-refractivity contribution < 1.29 is 0 Å². The van der Waals surface area contributed by atoms with E-state index in [-0.39, 0.29) is 18.5 Å². The van der Waals surface area contributed by atoms with E-state index in [0.29, 0.717) is 0 Å². The van der Waals surface area contributed by atoms with Crippen LogP contribution >= 0.6 is 0 Å². The molecule has 2 atom stereocenters. The Morgan fingerprint density at radius 2 is 0.667 bits per heavy atom. The maximum Gasteiger partial charge on any atom is 0.0876 e. The van der Waals surface area contributed by atoms with Crippen molar-refractivity contribution in [1.29, 1.82) is 0 Å². The molecule has 3 N–H and O–H groups in total. The summed E-state index contributed by atoms with van der Waals surface area (Å²) in [6.07, 6.45) is -0.506. The van der Waals surface area contributed by atoms with Crippen molar-refractivity contribution in [3.8, 4) is 11.1 Å². The summed E-state index contributed by atoms with van der Waals surface area (Å²) in [6, 6.07) is 68.8. The highest BCUT2D eigenvalue weighted by atomic mass is 15.4. The Bertz CT molecular complexity index is 2880. The molecule has 3 nitrogen and oxygen atoms in total. The molecule has 1 aliphatic heterocycles. The van der Waals surface area contributed by atoms with Gasteiger partial charge in [0.05, 0.1) is 18.5 Å². The van der Waals surface area contributed by atoms with Crippen LogP contribution in [0.5, 0.6) is 0 Å². The van der Waals surface area contributed by atoms with Gasteiger partial charge in [0.25, 0.3) is 0 Å². The lowest BCUT2D eigenvalue weighted by molar-refractivity contribution is 0.207. The van der Waals surface area contributed by atoms with Crippen molar-refractivity contribution in [2.75, 3.05) is 0 Å². The van der Waals surface area contributed by atoms with Gasteiger partial charge in [0, 0.05) is 0 Å². The van der Waals surface area contributed by atoms with E-state index in [1.165, 1.54) is 92.5 Å². The van der Waals surface area contributed by atoms with Crippen LogP contribution in [-0.4, -0.2) is 0 Å². The van der Waals surface area contributed by atoms with Gasteiger partial charge >= 0.3 is 0 Å². The summed E-state index contributed by atoms with van der Waals surface area (Å²) >= 11 is 0. The molecule has 0 spiro atoms. The minimum atomic E-state index is -0.181. The minimum Gasteiger partial charge on any atom is -0.279 e. The summed E-state index contributed by atoms with van der Waals surface area (Å²) in [5.74, 6) is 0. The molecule has 1 fully saturated rings. The quantitative estimate of drug-likeness (QED) is 0.127. The highest BCUT2D eigenvalue weighted by Gasteiger charge is 2.33. The molecule has 0 bridgehead atoms. The third-order valence-electron chi connectivity index (χ3n) is 11.6. The largest absolute Gasteiger partial charge is 0.279 e. The Morgan fingerprint density at radius 1 is 0.259 bits per heavy atom. The molecule has 1 saturated heterocycles. The monoisotopic (exact) mass is 691 g/mol. The lowest BCUT2D eigenvalue weighted by atomic mass is 9.89. The molecule has 1 heterocycles. The van der Waals surface area contributed by atoms with Crippen molar-refractivity contribution in [2.45, 2.75) is 18.5 Å². The number of nitrogens with one attached hydrogen (secondary N) is 3. The summed E-state index contributed by atoms with van der Waals surface area (Å²) in [4.78, 5) is 0. The summed E-state index contributed by atoms with van der Waals surface area (Å²) in [6.45, 7) is 0. The van der Waals surface area contributed by atoms with Crippen LogP contribution in [0.2, 0.25) is 0 Å². The van der Waals surface area contributed by atoms with Crippen molar-refractivity contribution in [3.63, 3.8) is 0 Å². The fourth-order valence-electron chi connectivity index (χ4n) is 9.00. The molecular weight excluding hydrogens is 655 g/mol. The second-order valence-electron chi connectivity index (χ2n) is 14.6. The van der Waals surface area contributed by atoms with E-state index in [2.05, 4.69) is 204 Å². The number of hydrogen-bond acceptors (Lipinski definition) is 3. The molecule has 0 radical (unpaired) electrons. The van der Waals surface area contributed by atoms with Gasteiger partial charge in [0.1, 0.15) is 0 Å². The third-order valence-corrected chi connectivity index (χ3v) is 11.6. The highest BCUT2D eigenvalue weighted by Crippen LogP contribution is 2.42. The van der Waals surface area contributed by atoms with Gasteiger partial charge in [-0.25, -0.2) is 0 Å². The zero-order valence-electron chi connectivity index (χ0n) is 29.6. The number of benzene rings is 10. The Morgan fingerprint density at radius 3 is 1.19 bits per heavy atom. The number of fused-ring (bicyclic) bond motifs is 8. The first-order valence-electron chi connectivity index (χ1n) is 18.9. The molecule has 256 valence electrons. The maximum absolute atomic E-state index is 4.17. The molecule has 54 heavy (non-hydrogen) atoms. The molecule has 0 aliphatic carbocycles. The van der Waals surface area contributed by atoms with Crippen LogP contribution in [0.25, 0.3) is 75.8 Å². The van der Waals surface area contributed by atoms with Gasteiger partial charge < -0.3 is 0 Å². The summed E-state index contributed by atoms with van der Waals surface area (Å²) < 4.78 is 0. The molecule has 10 aromatic rings. The lowest BCUT2D eigenvalue weighted by Crippen LogP contribution is -2.54. The van der Waals surface area contributed by atoms with Crippen molar-refractivity contribution in [2.24, 2.45) is 0 Å². The Balaban J connectivity index is 1.15. The van der Waals surface area contributed by atoms with Crippen LogP contribution in [0.3, 0.4) is 0 Å². The molecule has 3 heteroatoms. The van der Waals surface area contributed by atoms with E-state index in [1.807, 2.05) is 0 Å². The smallest absolute Gasteiger partial charge is 0.0876 e. The fraction of sp³-hybridized carbons (Fsp3) is 0.0588. The first kappa shape index (κ1) is 31.2. The van der Waals surface area contributed by atoms with Gasteiger partial charge in [-0.2, -0.15) is 0 Å². The Labute approximate surface area is 313 Å². The van der Waals surface area contributed by atoms with Crippen LogP contribution in [0, 0.1) is 0 Å². The van der Waals surface area contributed by atoms with Gasteiger partial charge in [-0.1, -0.05) is 176 Å². The topological polar surface area (TPSA) is 36.1 Å². The Hall–Kier alpha value is -6.36. The van der Waals surface area contributed by atoms with Gasteiger partial charge in [-0.3, -0.25) is 16.0 Å². The Kier molecular flexibility index (Phi) is 7.31. The SMILES string of the molecule is c1ccc(-c2ccc(C3NC(c4c5ccccc5cc5c4ccc4ccccc45)NC(c4c5ccccc5cc5c4ccc4ccccc45)N3)cc2)cc1. The normalized spacial score (nSPS) is 17.6. The summed E-state index contributed by atoms with van der Waals surface area (Å²) in [7, 11) is 0. The predicted molar refractivity (Wildman–Crippen MR) is 227 cm³/mol. The van der Waals surface area contributed by atoms with Crippen LogP contribution in [-0.2, 0) is 0 Å². The third kappa shape index (κ3) is 5.09. The average Bonchev–Trinajstić information content (AvgIpc) is 3.25. The van der Waals surface area contributed by atoms with Gasteiger partial charge in [0.2, 0.25) is 0 Å². The number of hydrogen-bond donors (Lipinski definition) is 3. The second kappa shape index (κ2) is 12.6. The minimum absolute atomic E-state index is 0.143. The first-order valence-corrected chi connectivity index (χ1v) is 18.9. The second-order valence-corrected chi connectivity index (χ2v) is 14.6. The van der Waals surface area contributed by atoms with Crippen molar-refractivity contribution >= 4 is 64.6 Å². The molecule has 0 saturated carbocycles. The van der Waals surface area contributed by atoms with E-state index >= 15 is 0 Å². The van der Waals surface area contributed by atoms with E-state index in [0.717, 1.165) is 0 Å². The zero-order valence-corrected chi connectivity index (χ0v) is 29.6. The molecule has 10 aromatic carbocycles. The van der Waals surface area contributed by atoms with Gasteiger partial charge in [-0.15, -0.1) is 0 Å². The van der Waals surface area contributed by atoms with Gasteiger partial charge in [0.15, 0.2) is 0 Å². The van der Waals surface area contributed by atoms with Crippen molar-refractivity contribution in [1.82, 2.24) is 16.0 Å². The fourth-order valence-corrected chi connectivity index (χ4v) is 9.00. The molecule has 1 aliphatic rings.